The van der Waals surface area contributed by atoms with Crippen LogP contribution in [0.4, 0.5) is 4.39 Å². The van der Waals surface area contributed by atoms with E-state index in [0.717, 1.165) is 32.5 Å². The van der Waals surface area contributed by atoms with Gasteiger partial charge in [0.05, 0.1) is 17.2 Å². The summed E-state index contributed by atoms with van der Waals surface area (Å²) in [6.45, 7) is 5.91. The van der Waals surface area contributed by atoms with Crippen molar-refractivity contribution in [1.29, 1.82) is 0 Å². The Morgan fingerprint density at radius 3 is 2.70 bits per heavy atom. The number of halogens is 1. The summed E-state index contributed by atoms with van der Waals surface area (Å²) in [4.78, 5) is 19.4. The molecule has 5 heteroatoms. The molecule has 1 aliphatic heterocycles. The second kappa shape index (κ2) is 7.61. The van der Waals surface area contributed by atoms with E-state index in [2.05, 4.69) is 41.1 Å². The normalized spacial score (nSPS) is 16.1. The number of hydrogen-bond acceptors (Lipinski definition) is 3. The SMILES string of the molecule is Cc1ccccc1CN1CCC(Cn2cnc3cc(F)ccc3c2=O)CC1. The summed E-state index contributed by atoms with van der Waals surface area (Å²) in [7, 11) is 0. The Kier molecular flexibility index (Phi) is 5.03. The van der Waals surface area contributed by atoms with Crippen molar-refractivity contribution in [3.63, 3.8) is 0 Å². The summed E-state index contributed by atoms with van der Waals surface area (Å²) in [5, 5.41) is 0.482. The van der Waals surface area contributed by atoms with Crippen LogP contribution in [0.2, 0.25) is 0 Å². The summed E-state index contributed by atoms with van der Waals surface area (Å²) in [5.41, 5.74) is 3.06. The first-order valence-corrected chi connectivity index (χ1v) is 9.52. The molecule has 0 amide bonds. The maximum absolute atomic E-state index is 13.3. The molecule has 0 aliphatic carbocycles. The third-order valence-corrected chi connectivity index (χ3v) is 5.60. The van der Waals surface area contributed by atoms with E-state index in [1.165, 1.54) is 29.3 Å². The Morgan fingerprint density at radius 1 is 1.15 bits per heavy atom. The third kappa shape index (κ3) is 3.93. The Hall–Kier alpha value is -2.53. The van der Waals surface area contributed by atoms with Gasteiger partial charge in [-0.1, -0.05) is 24.3 Å². The van der Waals surface area contributed by atoms with Crippen LogP contribution in [0.3, 0.4) is 0 Å². The van der Waals surface area contributed by atoms with E-state index >= 15 is 0 Å². The van der Waals surface area contributed by atoms with Gasteiger partial charge in [-0.3, -0.25) is 14.3 Å². The van der Waals surface area contributed by atoms with Crippen LogP contribution in [0.25, 0.3) is 10.9 Å². The molecule has 4 nitrogen and oxygen atoms in total. The van der Waals surface area contributed by atoms with E-state index in [9.17, 15) is 9.18 Å². The maximum atomic E-state index is 13.3. The van der Waals surface area contributed by atoms with Gasteiger partial charge in [0, 0.05) is 19.2 Å². The first-order chi connectivity index (χ1) is 13.1. The lowest BCUT2D eigenvalue weighted by molar-refractivity contribution is 0.166. The number of rotatable bonds is 4. The second-order valence-electron chi connectivity index (χ2n) is 7.51. The summed E-state index contributed by atoms with van der Waals surface area (Å²) >= 11 is 0. The lowest BCUT2D eigenvalue weighted by atomic mass is 9.96. The van der Waals surface area contributed by atoms with Gasteiger partial charge in [0.25, 0.3) is 5.56 Å². The standard InChI is InChI=1S/C22H24FN3O/c1-16-4-2-3-5-18(16)14-25-10-8-17(9-11-25)13-26-15-24-21-12-19(23)6-7-20(21)22(26)27/h2-7,12,15,17H,8-11,13-14H2,1H3. The molecule has 3 aromatic rings. The summed E-state index contributed by atoms with van der Waals surface area (Å²) in [5.74, 6) is 0.101. The molecule has 0 radical (unpaired) electrons. The Balaban J connectivity index is 1.40. The van der Waals surface area contributed by atoms with E-state index < -0.39 is 0 Å². The predicted molar refractivity (Wildman–Crippen MR) is 105 cm³/mol. The minimum absolute atomic E-state index is 0.0812. The van der Waals surface area contributed by atoms with Crippen molar-refractivity contribution in [3.05, 3.63) is 76.1 Å². The smallest absolute Gasteiger partial charge is 0.261 e. The van der Waals surface area contributed by atoms with E-state index in [-0.39, 0.29) is 11.4 Å². The zero-order valence-corrected chi connectivity index (χ0v) is 15.6. The zero-order chi connectivity index (χ0) is 18.8. The monoisotopic (exact) mass is 365 g/mol. The van der Waals surface area contributed by atoms with Gasteiger partial charge < -0.3 is 0 Å². The first kappa shape index (κ1) is 17.9. The molecule has 0 N–H and O–H groups in total. The molecule has 0 saturated carbocycles. The summed E-state index contributed by atoms with van der Waals surface area (Å²) < 4.78 is 15.0. The highest BCUT2D eigenvalue weighted by Crippen LogP contribution is 2.21. The van der Waals surface area contributed by atoms with Crippen LogP contribution in [0.15, 0.2) is 53.6 Å². The largest absolute Gasteiger partial charge is 0.299 e. The molecule has 0 atom stereocenters. The molecule has 2 aromatic carbocycles. The highest BCUT2D eigenvalue weighted by atomic mass is 19.1. The van der Waals surface area contributed by atoms with Crippen LogP contribution in [0.5, 0.6) is 0 Å². The fourth-order valence-corrected chi connectivity index (χ4v) is 3.90. The number of hydrogen-bond donors (Lipinski definition) is 0. The van der Waals surface area contributed by atoms with Gasteiger partial charge in [0.1, 0.15) is 5.82 Å². The second-order valence-corrected chi connectivity index (χ2v) is 7.51. The Labute approximate surface area is 158 Å². The topological polar surface area (TPSA) is 38.1 Å². The average Bonchev–Trinajstić information content (AvgIpc) is 2.67. The highest BCUT2D eigenvalue weighted by Gasteiger charge is 2.20. The molecule has 1 saturated heterocycles. The number of benzene rings is 2. The number of likely N-dealkylation sites (tertiary alicyclic amines) is 1. The van der Waals surface area contributed by atoms with Crippen molar-refractivity contribution < 1.29 is 4.39 Å². The van der Waals surface area contributed by atoms with Crippen LogP contribution >= 0.6 is 0 Å². The number of nitrogens with zero attached hydrogens (tertiary/aromatic N) is 3. The van der Waals surface area contributed by atoms with Crippen LogP contribution in [-0.2, 0) is 13.1 Å². The minimum Gasteiger partial charge on any atom is -0.299 e. The van der Waals surface area contributed by atoms with E-state index in [4.69, 9.17) is 0 Å². The molecule has 1 fully saturated rings. The van der Waals surface area contributed by atoms with Crippen LogP contribution in [0, 0.1) is 18.7 Å². The number of piperidine rings is 1. The molecule has 1 aromatic heterocycles. The Bertz CT molecular complexity index is 1010. The molecular weight excluding hydrogens is 341 g/mol. The summed E-state index contributed by atoms with van der Waals surface area (Å²) in [6.07, 6.45) is 3.70. The zero-order valence-electron chi connectivity index (χ0n) is 15.6. The minimum atomic E-state index is -0.367. The molecule has 4 rings (SSSR count). The van der Waals surface area contributed by atoms with Gasteiger partial charge in [-0.25, -0.2) is 9.37 Å². The highest BCUT2D eigenvalue weighted by molar-refractivity contribution is 5.77. The lowest BCUT2D eigenvalue weighted by Crippen LogP contribution is -2.36. The van der Waals surface area contributed by atoms with Crippen molar-refractivity contribution in [2.45, 2.75) is 32.9 Å². The van der Waals surface area contributed by atoms with Crippen LogP contribution in [0.1, 0.15) is 24.0 Å². The quantitative estimate of drug-likeness (QED) is 0.707. The fraction of sp³-hybridized carbons (Fsp3) is 0.364. The van der Waals surface area contributed by atoms with Gasteiger partial charge in [-0.15, -0.1) is 0 Å². The average molecular weight is 365 g/mol. The Morgan fingerprint density at radius 2 is 1.93 bits per heavy atom. The van der Waals surface area contributed by atoms with Crippen molar-refractivity contribution in [2.24, 2.45) is 5.92 Å². The molecule has 0 spiro atoms. The summed E-state index contributed by atoms with van der Waals surface area (Å²) in [6, 6.07) is 12.7. The number of aromatic nitrogens is 2. The first-order valence-electron chi connectivity index (χ1n) is 9.52. The third-order valence-electron chi connectivity index (χ3n) is 5.60. The molecule has 27 heavy (non-hydrogen) atoms. The van der Waals surface area contributed by atoms with Crippen LogP contribution in [-0.4, -0.2) is 27.5 Å². The lowest BCUT2D eigenvalue weighted by Gasteiger charge is -2.32. The molecular formula is C22H24FN3O. The molecule has 1 aliphatic rings. The van der Waals surface area contributed by atoms with E-state index in [0.29, 0.717) is 23.4 Å². The van der Waals surface area contributed by atoms with E-state index in [1.807, 2.05) is 0 Å². The predicted octanol–water partition coefficient (Wildman–Crippen LogP) is 3.76. The molecule has 2 heterocycles. The van der Waals surface area contributed by atoms with E-state index in [1.54, 1.807) is 10.9 Å². The molecule has 140 valence electrons. The van der Waals surface area contributed by atoms with Gasteiger partial charge in [0.15, 0.2) is 0 Å². The van der Waals surface area contributed by atoms with Gasteiger partial charge >= 0.3 is 0 Å². The van der Waals surface area contributed by atoms with Gasteiger partial charge in [0.2, 0.25) is 0 Å². The van der Waals surface area contributed by atoms with Crippen molar-refractivity contribution in [2.75, 3.05) is 13.1 Å². The fourth-order valence-electron chi connectivity index (χ4n) is 3.90. The maximum Gasteiger partial charge on any atom is 0.261 e. The van der Waals surface area contributed by atoms with Gasteiger partial charge in [-0.2, -0.15) is 0 Å². The molecule has 0 unspecified atom stereocenters. The van der Waals surface area contributed by atoms with Gasteiger partial charge in [-0.05, 0) is 62.0 Å². The van der Waals surface area contributed by atoms with Crippen molar-refractivity contribution >= 4 is 10.9 Å². The van der Waals surface area contributed by atoms with Crippen molar-refractivity contribution in [3.8, 4) is 0 Å². The van der Waals surface area contributed by atoms with Crippen molar-refractivity contribution in [1.82, 2.24) is 14.5 Å². The van der Waals surface area contributed by atoms with Crippen LogP contribution < -0.4 is 5.56 Å². The number of aryl methyl sites for hydroxylation is 1. The molecule has 0 bridgehead atoms. The number of fused-ring (bicyclic) bond motifs is 1.